The molecule has 4 rings (SSSR count). The van der Waals surface area contributed by atoms with Crippen LogP contribution in [0.4, 0.5) is 17.1 Å². The average molecular weight is 447 g/mol. The van der Waals surface area contributed by atoms with Gasteiger partial charge in [0.25, 0.3) is 5.91 Å². The average Bonchev–Trinajstić information content (AvgIpc) is 3.08. The molecule has 1 heterocycles. The molecule has 0 unspecified atom stereocenters. The maximum Gasteiger partial charge on any atom is 0.257 e. The minimum Gasteiger partial charge on any atom is -0.497 e. The number of nitrogens with one attached hydrogen (secondary N) is 3. The lowest BCUT2D eigenvalue weighted by Crippen LogP contribution is -2.23. The van der Waals surface area contributed by atoms with E-state index in [9.17, 15) is 9.59 Å². The Morgan fingerprint density at radius 2 is 1.61 bits per heavy atom. The summed E-state index contributed by atoms with van der Waals surface area (Å²) in [6.07, 6.45) is 0.811. The molecule has 170 valence electrons. The van der Waals surface area contributed by atoms with Gasteiger partial charge in [0.2, 0.25) is 5.91 Å². The Morgan fingerprint density at radius 3 is 2.39 bits per heavy atom. The Balaban J connectivity index is 1.37. The fourth-order valence-corrected chi connectivity index (χ4v) is 3.33. The molecule has 0 aromatic heterocycles. The monoisotopic (exact) mass is 447 g/mol. The van der Waals surface area contributed by atoms with Crippen LogP contribution in [0.2, 0.25) is 0 Å². The first-order valence-electron chi connectivity index (χ1n) is 10.6. The molecular weight excluding hydrogens is 422 g/mol. The van der Waals surface area contributed by atoms with E-state index >= 15 is 0 Å². The lowest BCUT2D eigenvalue weighted by atomic mass is 10.1. The third kappa shape index (κ3) is 5.74. The van der Waals surface area contributed by atoms with Crippen molar-refractivity contribution >= 4 is 28.9 Å². The van der Waals surface area contributed by atoms with Crippen molar-refractivity contribution in [2.45, 2.75) is 6.42 Å². The van der Waals surface area contributed by atoms with Crippen molar-refractivity contribution in [1.29, 1.82) is 0 Å². The highest BCUT2D eigenvalue weighted by Gasteiger charge is 2.14. The van der Waals surface area contributed by atoms with Gasteiger partial charge >= 0.3 is 0 Å². The van der Waals surface area contributed by atoms with E-state index in [4.69, 9.17) is 14.2 Å². The number of fused-ring (bicyclic) bond motifs is 1. The van der Waals surface area contributed by atoms with Crippen molar-refractivity contribution < 1.29 is 23.8 Å². The summed E-state index contributed by atoms with van der Waals surface area (Å²) >= 11 is 0. The topological polar surface area (TPSA) is 97.9 Å². The fourth-order valence-electron chi connectivity index (χ4n) is 3.33. The molecule has 0 atom stereocenters. The van der Waals surface area contributed by atoms with Crippen LogP contribution in [0.3, 0.4) is 0 Å². The van der Waals surface area contributed by atoms with Crippen LogP contribution in [0.1, 0.15) is 16.8 Å². The smallest absolute Gasteiger partial charge is 0.257 e. The molecule has 0 aliphatic carbocycles. The molecule has 0 bridgehead atoms. The first kappa shape index (κ1) is 22.0. The van der Waals surface area contributed by atoms with Crippen molar-refractivity contribution in [2.24, 2.45) is 0 Å². The highest BCUT2D eigenvalue weighted by Crippen LogP contribution is 2.32. The van der Waals surface area contributed by atoms with E-state index in [1.807, 2.05) is 0 Å². The maximum atomic E-state index is 12.8. The van der Waals surface area contributed by atoms with Crippen molar-refractivity contribution in [2.75, 3.05) is 42.8 Å². The number of hydrogen-bond acceptors (Lipinski definition) is 6. The number of hydrogen-bond donors (Lipinski definition) is 3. The molecule has 2 amide bonds. The van der Waals surface area contributed by atoms with Gasteiger partial charge in [0.1, 0.15) is 5.75 Å². The minimum absolute atomic E-state index is 0.0126. The van der Waals surface area contributed by atoms with Crippen molar-refractivity contribution in [3.63, 3.8) is 0 Å². The Kier molecular flexibility index (Phi) is 6.94. The first-order chi connectivity index (χ1) is 16.1. The Morgan fingerprint density at radius 1 is 0.879 bits per heavy atom. The fraction of sp³-hybridized carbons (Fsp3) is 0.200. The summed E-state index contributed by atoms with van der Waals surface area (Å²) in [5.41, 5.74) is 2.23. The second-order valence-electron chi connectivity index (χ2n) is 7.34. The van der Waals surface area contributed by atoms with Crippen LogP contribution in [-0.4, -0.2) is 38.7 Å². The largest absolute Gasteiger partial charge is 0.497 e. The number of anilines is 3. The number of rotatable bonds is 7. The summed E-state index contributed by atoms with van der Waals surface area (Å²) in [4.78, 5) is 25.3. The SMILES string of the molecule is COc1ccc(NC(=O)c2ccccc2NCC(=O)Nc2ccc3c(c2)OCCCO3)cc1. The molecule has 8 heteroatoms. The molecule has 3 aromatic carbocycles. The summed E-state index contributed by atoms with van der Waals surface area (Å²) < 4.78 is 16.4. The normalized spacial score (nSPS) is 12.3. The number of carbonyl (C=O) groups is 2. The zero-order valence-corrected chi connectivity index (χ0v) is 18.2. The van der Waals surface area contributed by atoms with Gasteiger partial charge < -0.3 is 30.2 Å². The Hall–Kier alpha value is -4.20. The summed E-state index contributed by atoms with van der Waals surface area (Å²) in [6.45, 7) is 1.16. The van der Waals surface area contributed by atoms with Gasteiger partial charge in [0, 0.05) is 29.5 Å². The third-order valence-corrected chi connectivity index (χ3v) is 4.99. The van der Waals surface area contributed by atoms with E-state index in [2.05, 4.69) is 16.0 Å². The molecule has 1 aliphatic rings. The third-order valence-electron chi connectivity index (χ3n) is 4.99. The quantitative estimate of drug-likeness (QED) is 0.503. The van der Waals surface area contributed by atoms with Crippen molar-refractivity contribution in [1.82, 2.24) is 0 Å². The number of amides is 2. The van der Waals surface area contributed by atoms with Crippen LogP contribution in [0.25, 0.3) is 0 Å². The van der Waals surface area contributed by atoms with E-state index < -0.39 is 0 Å². The van der Waals surface area contributed by atoms with Crippen LogP contribution >= 0.6 is 0 Å². The standard InChI is InChI=1S/C25H25N3O5/c1-31-19-10-7-17(8-11-19)28-25(30)20-5-2-3-6-21(20)26-16-24(29)27-18-9-12-22-23(15-18)33-14-4-13-32-22/h2-3,5-12,15,26H,4,13-14,16H2,1H3,(H,27,29)(H,28,30). The van der Waals surface area contributed by atoms with Gasteiger partial charge in [0.05, 0.1) is 32.4 Å². The summed E-state index contributed by atoms with van der Waals surface area (Å²) in [6, 6.07) is 19.4. The van der Waals surface area contributed by atoms with Crippen LogP contribution in [0, 0.1) is 0 Å². The van der Waals surface area contributed by atoms with Gasteiger partial charge in [-0.1, -0.05) is 12.1 Å². The summed E-state index contributed by atoms with van der Waals surface area (Å²) in [5, 5.41) is 8.73. The molecule has 0 fully saturated rings. The molecule has 0 saturated heterocycles. The maximum absolute atomic E-state index is 12.8. The lowest BCUT2D eigenvalue weighted by molar-refractivity contribution is -0.114. The van der Waals surface area contributed by atoms with Crippen molar-refractivity contribution in [3.8, 4) is 17.2 Å². The van der Waals surface area contributed by atoms with Gasteiger partial charge in [-0.3, -0.25) is 9.59 Å². The molecule has 1 aliphatic heterocycles. The Labute approximate surface area is 191 Å². The molecular formula is C25H25N3O5. The molecule has 8 nitrogen and oxygen atoms in total. The number of benzene rings is 3. The second-order valence-corrected chi connectivity index (χ2v) is 7.34. The highest BCUT2D eigenvalue weighted by atomic mass is 16.5. The van der Waals surface area contributed by atoms with E-state index in [1.165, 1.54) is 0 Å². The first-order valence-corrected chi connectivity index (χ1v) is 10.6. The van der Waals surface area contributed by atoms with Crippen LogP contribution < -0.4 is 30.2 Å². The molecule has 0 saturated carbocycles. The van der Waals surface area contributed by atoms with Crippen molar-refractivity contribution in [3.05, 3.63) is 72.3 Å². The van der Waals surface area contributed by atoms with E-state index in [1.54, 1.807) is 73.8 Å². The number of carbonyl (C=O) groups excluding carboxylic acids is 2. The van der Waals surface area contributed by atoms with Gasteiger partial charge in [-0.15, -0.1) is 0 Å². The lowest BCUT2D eigenvalue weighted by Gasteiger charge is -2.13. The van der Waals surface area contributed by atoms with Gasteiger partial charge in [0.15, 0.2) is 11.5 Å². The van der Waals surface area contributed by atoms with Gasteiger partial charge in [-0.05, 0) is 48.5 Å². The minimum atomic E-state index is -0.286. The summed E-state index contributed by atoms with van der Waals surface area (Å²) in [7, 11) is 1.58. The van der Waals surface area contributed by atoms with E-state index in [0.717, 1.165) is 6.42 Å². The number of ether oxygens (including phenoxy) is 3. The van der Waals surface area contributed by atoms with Crippen LogP contribution in [-0.2, 0) is 4.79 Å². The highest BCUT2D eigenvalue weighted by molar-refractivity contribution is 6.08. The zero-order valence-electron chi connectivity index (χ0n) is 18.2. The molecule has 3 N–H and O–H groups in total. The zero-order chi connectivity index (χ0) is 23.0. The number of para-hydroxylation sites is 1. The van der Waals surface area contributed by atoms with E-state index in [-0.39, 0.29) is 18.4 Å². The van der Waals surface area contributed by atoms with Gasteiger partial charge in [-0.25, -0.2) is 0 Å². The molecule has 0 radical (unpaired) electrons. The predicted molar refractivity (Wildman–Crippen MR) is 127 cm³/mol. The number of methoxy groups -OCH3 is 1. The van der Waals surface area contributed by atoms with E-state index in [0.29, 0.717) is 53.1 Å². The second kappa shape index (κ2) is 10.4. The predicted octanol–water partition coefficient (Wildman–Crippen LogP) is 4.16. The summed E-state index contributed by atoms with van der Waals surface area (Å²) in [5.74, 6) is 1.44. The van der Waals surface area contributed by atoms with Crippen LogP contribution in [0.5, 0.6) is 17.2 Å². The van der Waals surface area contributed by atoms with Crippen LogP contribution in [0.15, 0.2) is 66.7 Å². The molecule has 3 aromatic rings. The Bertz CT molecular complexity index is 1130. The molecule has 0 spiro atoms. The van der Waals surface area contributed by atoms with Gasteiger partial charge in [-0.2, -0.15) is 0 Å². The molecule has 33 heavy (non-hydrogen) atoms.